The number of hydrogen-bond acceptors (Lipinski definition) is 5. The molecule has 0 unspecified atom stereocenters. The molecule has 2 aromatic rings. The Balaban J connectivity index is 2.02. The smallest absolute Gasteiger partial charge is 0.273 e. The molecule has 2 aliphatic rings. The highest BCUT2D eigenvalue weighted by Gasteiger charge is 2.43. The molecule has 2 aromatic carbocycles. The van der Waals surface area contributed by atoms with E-state index in [4.69, 9.17) is 0 Å². The van der Waals surface area contributed by atoms with Crippen LogP contribution in [0.15, 0.2) is 65.4 Å². The predicted molar refractivity (Wildman–Crippen MR) is 100 cm³/mol. The second-order valence-corrected chi connectivity index (χ2v) is 6.63. The summed E-state index contributed by atoms with van der Waals surface area (Å²) in [5.74, 6) is -1.21. The van der Waals surface area contributed by atoms with Crippen LogP contribution >= 0.6 is 0 Å². The average molecular weight is 360 g/mol. The Hall–Kier alpha value is -3.54. The largest absolute Gasteiger partial charge is 0.358 e. The summed E-state index contributed by atoms with van der Waals surface area (Å²) in [6.45, 7) is 3.17. The quantitative estimate of drug-likeness (QED) is 0.665. The number of allylic oxidation sites excluding steroid dienone is 3. The fraction of sp³-hybridized carbons (Fsp3) is 0.143. The molecular weight excluding hydrogens is 344 g/mol. The molecule has 1 atom stereocenters. The molecule has 0 aromatic heterocycles. The molecule has 0 fully saturated rings. The van der Waals surface area contributed by atoms with Gasteiger partial charge in [0.15, 0.2) is 11.6 Å². The van der Waals surface area contributed by atoms with Crippen molar-refractivity contribution >= 4 is 23.0 Å². The van der Waals surface area contributed by atoms with Crippen LogP contribution in [0.1, 0.15) is 41.3 Å². The van der Waals surface area contributed by atoms with Crippen LogP contribution < -0.4 is 5.32 Å². The van der Waals surface area contributed by atoms with Crippen molar-refractivity contribution in [3.05, 3.63) is 92.2 Å². The van der Waals surface area contributed by atoms with E-state index in [9.17, 15) is 19.7 Å². The van der Waals surface area contributed by atoms with Gasteiger partial charge in [0.05, 0.1) is 16.5 Å². The van der Waals surface area contributed by atoms with Gasteiger partial charge in [0.1, 0.15) is 0 Å². The van der Waals surface area contributed by atoms with Crippen LogP contribution in [0.25, 0.3) is 5.70 Å². The number of dihydropyridines is 1. The number of benzene rings is 2. The predicted octanol–water partition coefficient (Wildman–Crippen LogP) is 3.75. The molecule has 0 bridgehead atoms. The Morgan fingerprint density at radius 3 is 2.37 bits per heavy atom. The zero-order chi connectivity index (χ0) is 19.3. The minimum Gasteiger partial charge on any atom is -0.358 e. The molecule has 0 radical (unpaired) electrons. The summed E-state index contributed by atoms with van der Waals surface area (Å²) in [5, 5.41) is 14.8. The van der Waals surface area contributed by atoms with Gasteiger partial charge in [0.25, 0.3) is 5.69 Å². The van der Waals surface area contributed by atoms with Gasteiger partial charge < -0.3 is 5.32 Å². The van der Waals surface area contributed by atoms with Crippen molar-refractivity contribution in [3.63, 3.8) is 0 Å². The molecule has 6 heteroatoms. The molecule has 1 N–H and O–H groups in total. The van der Waals surface area contributed by atoms with Crippen LogP contribution in [0.3, 0.4) is 0 Å². The lowest BCUT2D eigenvalue weighted by atomic mass is 9.78. The highest BCUT2D eigenvalue weighted by atomic mass is 16.6. The Morgan fingerprint density at radius 2 is 1.70 bits per heavy atom. The van der Waals surface area contributed by atoms with E-state index >= 15 is 0 Å². The van der Waals surface area contributed by atoms with Crippen molar-refractivity contribution in [3.8, 4) is 0 Å². The maximum Gasteiger partial charge on any atom is 0.273 e. The molecule has 0 spiro atoms. The Labute approximate surface area is 155 Å². The van der Waals surface area contributed by atoms with Crippen molar-refractivity contribution in [1.29, 1.82) is 0 Å². The first-order valence-corrected chi connectivity index (χ1v) is 8.52. The lowest BCUT2D eigenvalue weighted by Gasteiger charge is -2.29. The molecule has 134 valence electrons. The molecule has 0 saturated carbocycles. The van der Waals surface area contributed by atoms with Crippen LogP contribution in [0.5, 0.6) is 0 Å². The third kappa shape index (κ3) is 2.41. The fourth-order valence-corrected chi connectivity index (χ4v) is 4.00. The maximum absolute atomic E-state index is 13.2. The molecule has 1 aliphatic heterocycles. The van der Waals surface area contributed by atoms with Gasteiger partial charge in [-0.15, -0.1) is 0 Å². The van der Waals surface area contributed by atoms with E-state index < -0.39 is 10.8 Å². The number of para-hydroxylation sites is 1. The number of carbonyl (C=O) groups is 2. The summed E-state index contributed by atoms with van der Waals surface area (Å²) in [6, 6.07) is 13.5. The zero-order valence-electron chi connectivity index (χ0n) is 14.8. The molecule has 6 nitrogen and oxygen atoms in total. The topological polar surface area (TPSA) is 89.3 Å². The third-order valence-electron chi connectivity index (χ3n) is 5.07. The summed E-state index contributed by atoms with van der Waals surface area (Å²) in [5.41, 5.74) is 3.54. The van der Waals surface area contributed by atoms with E-state index in [1.165, 1.54) is 13.0 Å². The number of nitro groups is 1. The van der Waals surface area contributed by atoms with Gasteiger partial charge in [-0.2, -0.15) is 0 Å². The first-order valence-electron chi connectivity index (χ1n) is 8.52. The van der Waals surface area contributed by atoms with Gasteiger partial charge in [-0.25, -0.2) is 0 Å². The summed E-state index contributed by atoms with van der Waals surface area (Å²) in [7, 11) is 0. The van der Waals surface area contributed by atoms with Crippen molar-refractivity contribution in [1.82, 2.24) is 5.32 Å². The first kappa shape index (κ1) is 16.9. The van der Waals surface area contributed by atoms with Gasteiger partial charge in [-0.05, 0) is 13.8 Å². The van der Waals surface area contributed by atoms with Crippen LogP contribution in [0.4, 0.5) is 5.69 Å². The lowest BCUT2D eigenvalue weighted by Crippen LogP contribution is -2.28. The van der Waals surface area contributed by atoms with Crippen molar-refractivity contribution in [2.75, 3.05) is 0 Å². The van der Waals surface area contributed by atoms with Crippen molar-refractivity contribution in [2.45, 2.75) is 19.8 Å². The molecule has 1 aliphatic carbocycles. The molecule has 0 saturated heterocycles. The number of nitro benzene ring substituents is 1. The van der Waals surface area contributed by atoms with Gasteiger partial charge in [0, 0.05) is 39.6 Å². The average Bonchev–Trinajstić information content (AvgIpc) is 2.93. The van der Waals surface area contributed by atoms with Crippen molar-refractivity contribution in [2.24, 2.45) is 0 Å². The Kier molecular flexibility index (Phi) is 3.77. The van der Waals surface area contributed by atoms with E-state index in [1.807, 2.05) is 12.1 Å². The second-order valence-electron chi connectivity index (χ2n) is 6.63. The number of hydrogen-bond donors (Lipinski definition) is 1. The summed E-state index contributed by atoms with van der Waals surface area (Å²) >= 11 is 0. The fourth-order valence-electron chi connectivity index (χ4n) is 4.00. The number of carbonyl (C=O) groups excluding carboxylic acids is 2. The van der Waals surface area contributed by atoms with E-state index in [1.54, 1.807) is 37.3 Å². The number of ketones is 2. The van der Waals surface area contributed by atoms with E-state index in [2.05, 4.69) is 5.32 Å². The Morgan fingerprint density at radius 1 is 1.07 bits per heavy atom. The van der Waals surface area contributed by atoms with Crippen LogP contribution in [-0.4, -0.2) is 16.5 Å². The number of fused-ring (bicyclic) bond motifs is 2. The SMILES string of the molecule is CC(=O)C1=C(C)NC2=C(C(=O)c3ccccc32)[C@@H]1c1ccccc1[N+](=O)[O-]. The third-order valence-corrected chi connectivity index (χ3v) is 5.07. The summed E-state index contributed by atoms with van der Waals surface area (Å²) < 4.78 is 0. The highest BCUT2D eigenvalue weighted by Crippen LogP contribution is 2.48. The van der Waals surface area contributed by atoms with Gasteiger partial charge in [0.2, 0.25) is 0 Å². The van der Waals surface area contributed by atoms with Crippen molar-refractivity contribution < 1.29 is 14.5 Å². The number of nitrogens with one attached hydrogen (secondary N) is 1. The van der Waals surface area contributed by atoms with E-state index in [0.29, 0.717) is 33.7 Å². The number of nitrogens with zero attached hydrogens (tertiary/aromatic N) is 1. The summed E-state index contributed by atoms with van der Waals surface area (Å²) in [4.78, 5) is 36.7. The zero-order valence-corrected chi connectivity index (χ0v) is 14.8. The van der Waals surface area contributed by atoms with Crippen LogP contribution in [0.2, 0.25) is 0 Å². The first-order chi connectivity index (χ1) is 12.9. The number of rotatable bonds is 3. The van der Waals surface area contributed by atoms with E-state index in [-0.39, 0.29) is 17.3 Å². The van der Waals surface area contributed by atoms with Gasteiger partial charge in [-0.1, -0.05) is 42.5 Å². The normalized spacial score (nSPS) is 18.1. The minimum absolute atomic E-state index is 0.105. The van der Waals surface area contributed by atoms with Gasteiger partial charge >= 0.3 is 0 Å². The maximum atomic E-state index is 13.2. The lowest BCUT2D eigenvalue weighted by molar-refractivity contribution is -0.385. The standard InChI is InChI=1S/C21H16N2O4/c1-11-17(12(2)24)18(15-9-5-6-10-16(15)23(26)27)19-20(22-11)13-7-3-4-8-14(13)21(19)25/h3-10,18,22H,1-2H3/t18-/m1/s1. The monoisotopic (exact) mass is 360 g/mol. The Bertz CT molecular complexity index is 1090. The second kappa shape index (κ2) is 6.02. The molecule has 1 heterocycles. The number of Topliss-reactive ketones (excluding diaryl/α,β-unsaturated/α-hetero) is 2. The molecule has 0 amide bonds. The minimum atomic E-state index is -0.778. The summed E-state index contributed by atoms with van der Waals surface area (Å²) in [6.07, 6.45) is 0. The van der Waals surface area contributed by atoms with Gasteiger partial charge in [-0.3, -0.25) is 19.7 Å². The van der Waals surface area contributed by atoms with Crippen LogP contribution in [-0.2, 0) is 4.79 Å². The highest BCUT2D eigenvalue weighted by molar-refractivity contribution is 6.23. The molecule has 4 rings (SSSR count). The van der Waals surface area contributed by atoms with Crippen LogP contribution in [0, 0.1) is 10.1 Å². The van der Waals surface area contributed by atoms with E-state index in [0.717, 1.165) is 5.56 Å². The molecular formula is C21H16N2O4. The molecule has 27 heavy (non-hydrogen) atoms.